The minimum absolute atomic E-state index is 0.106. The molecular weight excluding hydrogens is 592 g/mol. The van der Waals surface area contributed by atoms with Crippen LogP contribution < -0.4 is 4.74 Å². The van der Waals surface area contributed by atoms with Gasteiger partial charge in [0.15, 0.2) is 0 Å². The minimum atomic E-state index is -1.29. The maximum Gasteiger partial charge on any atom is 0.220 e. The van der Waals surface area contributed by atoms with Crippen LogP contribution in [0.1, 0.15) is 36.6 Å². The number of halogens is 1. The molecule has 2 fully saturated rings. The van der Waals surface area contributed by atoms with Crippen LogP contribution in [0.5, 0.6) is 5.75 Å². The Bertz CT molecular complexity index is 1190. The molecule has 43 heavy (non-hydrogen) atoms. The summed E-state index contributed by atoms with van der Waals surface area (Å²) >= 11 is 6.67. The van der Waals surface area contributed by atoms with E-state index >= 15 is 0 Å². The van der Waals surface area contributed by atoms with E-state index in [1.807, 2.05) is 42.5 Å². The summed E-state index contributed by atoms with van der Waals surface area (Å²) < 4.78 is 47.9. The molecule has 2 aromatic carbocycles. The molecule has 241 valence electrons. The second kappa shape index (κ2) is 14.2. The van der Waals surface area contributed by atoms with Gasteiger partial charge in [0, 0.05) is 25.8 Å². The number of rotatable bonds is 13. The molecule has 0 bridgehead atoms. The van der Waals surface area contributed by atoms with Crippen molar-refractivity contribution in [1.29, 1.82) is 0 Å². The quantitative estimate of drug-likeness (QED) is 0.171. The molecule has 7 atom stereocenters. The maximum atomic E-state index is 11.5. The lowest BCUT2D eigenvalue weighted by atomic mass is 9.87. The molecule has 0 unspecified atom stereocenters. The van der Waals surface area contributed by atoms with Gasteiger partial charge in [-0.1, -0.05) is 35.9 Å². The Kier molecular flexibility index (Phi) is 11.4. The first-order chi connectivity index (χ1) is 20.3. The van der Waals surface area contributed by atoms with E-state index in [-0.39, 0.29) is 13.4 Å². The van der Waals surface area contributed by atoms with Crippen LogP contribution in [0, 0.1) is 0 Å². The first kappa shape index (κ1) is 34.3. The molecular formula is C32H47ClO9Si-. The first-order valence-electron chi connectivity index (χ1n) is 14.7. The SMILES string of the molecule is COc1ccc(Cc2cc([C@@H]3O[C@H](COCOCC[Si-](C)(C)C)[C@@H](O)[C@@H]4O[C@@](C)(OC)[C@](C)(OC)O[C@H]43)ccc2Cl)cc1. The largest absolute Gasteiger partial charge is 0.497 e. The lowest BCUT2D eigenvalue weighted by Gasteiger charge is -2.57. The van der Waals surface area contributed by atoms with Gasteiger partial charge in [0.2, 0.25) is 11.6 Å². The Balaban J connectivity index is 1.59. The fourth-order valence-corrected chi connectivity index (χ4v) is 6.27. The highest BCUT2D eigenvalue weighted by Gasteiger charge is 2.62. The van der Waals surface area contributed by atoms with Crippen molar-refractivity contribution in [3.8, 4) is 5.75 Å². The van der Waals surface area contributed by atoms with Crippen LogP contribution in [0.15, 0.2) is 42.5 Å². The third-order valence-electron chi connectivity index (χ3n) is 8.38. The maximum absolute atomic E-state index is 11.5. The monoisotopic (exact) mass is 638 g/mol. The van der Waals surface area contributed by atoms with E-state index in [0.717, 1.165) is 28.5 Å². The Morgan fingerprint density at radius 2 is 1.56 bits per heavy atom. The molecule has 0 spiro atoms. The fraction of sp³-hybridized carbons (Fsp3) is 0.625. The van der Waals surface area contributed by atoms with Gasteiger partial charge in [-0.3, -0.25) is 0 Å². The van der Waals surface area contributed by atoms with Gasteiger partial charge in [0.1, 0.15) is 43.1 Å². The molecule has 2 heterocycles. The number of methoxy groups -OCH3 is 3. The van der Waals surface area contributed by atoms with Crippen molar-refractivity contribution < 1.29 is 43.0 Å². The highest BCUT2D eigenvalue weighted by molar-refractivity contribution is 6.76. The van der Waals surface area contributed by atoms with Crippen molar-refractivity contribution in [3.05, 3.63) is 64.2 Å². The molecule has 4 rings (SSSR count). The van der Waals surface area contributed by atoms with Gasteiger partial charge >= 0.3 is 0 Å². The number of benzene rings is 2. The summed E-state index contributed by atoms with van der Waals surface area (Å²) in [7, 11) is 3.49. The van der Waals surface area contributed by atoms with Crippen LogP contribution in [-0.4, -0.2) is 90.5 Å². The summed E-state index contributed by atoms with van der Waals surface area (Å²) in [5, 5.41) is 12.1. The summed E-state index contributed by atoms with van der Waals surface area (Å²) in [4.78, 5) is 0. The molecule has 0 saturated carbocycles. The molecule has 0 aliphatic carbocycles. The van der Waals surface area contributed by atoms with Crippen LogP contribution in [0.25, 0.3) is 0 Å². The highest BCUT2D eigenvalue weighted by atomic mass is 35.5. The molecule has 0 aromatic heterocycles. The Morgan fingerprint density at radius 1 is 0.907 bits per heavy atom. The zero-order valence-electron chi connectivity index (χ0n) is 26.6. The predicted molar refractivity (Wildman–Crippen MR) is 166 cm³/mol. The lowest BCUT2D eigenvalue weighted by Crippen LogP contribution is -2.71. The van der Waals surface area contributed by atoms with E-state index in [1.54, 1.807) is 21.0 Å². The van der Waals surface area contributed by atoms with E-state index in [2.05, 4.69) is 19.6 Å². The molecule has 0 radical (unpaired) electrons. The zero-order chi connectivity index (χ0) is 31.4. The number of hydrogen-bond acceptors (Lipinski definition) is 9. The van der Waals surface area contributed by atoms with Crippen LogP contribution in [-0.2, 0) is 39.6 Å². The first-order valence-corrected chi connectivity index (χ1v) is 18.8. The van der Waals surface area contributed by atoms with E-state index in [4.69, 9.17) is 49.5 Å². The molecule has 1 N–H and O–H groups in total. The second-order valence-corrected chi connectivity index (χ2v) is 18.7. The second-order valence-electron chi connectivity index (χ2n) is 12.6. The van der Waals surface area contributed by atoms with Crippen molar-refractivity contribution >= 4 is 19.7 Å². The summed E-state index contributed by atoms with van der Waals surface area (Å²) in [5.74, 6) is -1.79. The third kappa shape index (κ3) is 7.99. The third-order valence-corrected chi connectivity index (χ3v) is 10.5. The number of hydrogen-bond donors (Lipinski definition) is 1. The van der Waals surface area contributed by atoms with Crippen LogP contribution in [0.3, 0.4) is 0 Å². The molecule has 11 heteroatoms. The number of aliphatic hydroxyl groups is 1. The number of ether oxygens (including phenoxy) is 8. The van der Waals surface area contributed by atoms with E-state index in [1.165, 1.54) is 14.2 Å². The van der Waals surface area contributed by atoms with Crippen molar-refractivity contribution in [3.63, 3.8) is 0 Å². The van der Waals surface area contributed by atoms with Crippen molar-refractivity contribution in [2.75, 3.05) is 41.3 Å². The molecule has 2 aliphatic rings. The Labute approximate surface area is 261 Å². The van der Waals surface area contributed by atoms with Gasteiger partial charge in [0.05, 0.1) is 13.7 Å². The van der Waals surface area contributed by atoms with E-state index in [0.29, 0.717) is 18.1 Å². The van der Waals surface area contributed by atoms with Crippen LogP contribution >= 0.6 is 11.6 Å². The molecule has 0 amide bonds. The smallest absolute Gasteiger partial charge is 0.220 e. The summed E-state index contributed by atoms with van der Waals surface area (Å²) in [6, 6.07) is 14.7. The normalized spacial score (nSPS) is 31.1. The zero-order valence-corrected chi connectivity index (χ0v) is 28.3. The number of aliphatic hydroxyl groups excluding tert-OH is 1. The van der Waals surface area contributed by atoms with E-state index in [9.17, 15) is 5.11 Å². The van der Waals surface area contributed by atoms with Crippen molar-refractivity contribution in [1.82, 2.24) is 0 Å². The van der Waals surface area contributed by atoms with Crippen LogP contribution in [0.4, 0.5) is 0 Å². The molecule has 2 saturated heterocycles. The molecule has 9 nitrogen and oxygen atoms in total. The minimum Gasteiger partial charge on any atom is -0.497 e. The molecule has 2 aliphatic heterocycles. The average molecular weight is 639 g/mol. The van der Waals surface area contributed by atoms with Gasteiger partial charge in [0.25, 0.3) is 0 Å². The standard InChI is InChI=1S/C32H47ClO9Si/c1-31(36-4)32(2,37-5)42-30-28(22-11-14-25(33)23(18-22)17-21-9-12-24(35-3)13-10-21)40-26(27(34)29(30)41-31)19-39-20-38-15-16-43(6,7)8/h9-14,18,26-30,34H,15-17,19-20H2,1-8H3/q-1/t26-,27-,28+,29+,30+,31-,32-/m1/s1. The summed E-state index contributed by atoms with van der Waals surface area (Å²) in [5.41, 5.74) is 2.83. The summed E-state index contributed by atoms with van der Waals surface area (Å²) in [6.07, 6.45) is -3.32. The lowest BCUT2D eigenvalue weighted by molar-refractivity contribution is -0.473. The predicted octanol–water partition coefficient (Wildman–Crippen LogP) is 5.58. The van der Waals surface area contributed by atoms with Crippen LogP contribution in [0.2, 0.25) is 30.7 Å². The Hall–Kier alpha value is -1.57. The van der Waals surface area contributed by atoms with Crippen molar-refractivity contribution in [2.45, 2.75) is 88.0 Å². The molecule has 2 aromatic rings. The number of fused-ring (bicyclic) bond motifs is 1. The van der Waals surface area contributed by atoms with Gasteiger partial charge in [-0.2, -0.15) is 19.6 Å². The summed E-state index contributed by atoms with van der Waals surface area (Å²) in [6.45, 7) is 11.2. The topological polar surface area (TPSA) is 94.1 Å². The van der Waals surface area contributed by atoms with Gasteiger partial charge in [-0.05, 0) is 55.2 Å². The van der Waals surface area contributed by atoms with E-state index < -0.39 is 50.2 Å². The van der Waals surface area contributed by atoms with Gasteiger partial charge < -0.3 is 43.0 Å². The van der Waals surface area contributed by atoms with Gasteiger partial charge in [-0.15, -0.1) is 14.1 Å². The fourth-order valence-electron chi connectivity index (χ4n) is 5.33. The average Bonchev–Trinajstić information content (AvgIpc) is 2.98. The highest BCUT2D eigenvalue weighted by Crippen LogP contribution is 2.47. The van der Waals surface area contributed by atoms with Crippen molar-refractivity contribution in [2.24, 2.45) is 0 Å². The Morgan fingerprint density at radius 3 is 2.16 bits per heavy atom. The van der Waals surface area contributed by atoms with Gasteiger partial charge in [-0.25, -0.2) is 0 Å².